The zero-order valence-corrected chi connectivity index (χ0v) is 15.5. The molecule has 1 saturated carbocycles. The molecule has 3 N–H and O–H groups in total. The van der Waals surface area contributed by atoms with Gasteiger partial charge in [-0.2, -0.15) is 0 Å². The first kappa shape index (κ1) is 19.4. The van der Waals surface area contributed by atoms with E-state index in [9.17, 15) is 4.79 Å². The maximum Gasteiger partial charge on any atom is 0.220 e. The molecule has 6 nitrogen and oxygen atoms in total. The fraction of sp³-hybridized carbons (Fsp3) is 0.632. The van der Waals surface area contributed by atoms with Gasteiger partial charge in [0.25, 0.3) is 0 Å². The van der Waals surface area contributed by atoms with Crippen molar-refractivity contribution in [1.82, 2.24) is 5.32 Å². The van der Waals surface area contributed by atoms with Gasteiger partial charge in [-0.05, 0) is 43.4 Å². The molecule has 0 aromatic heterocycles. The Balaban J connectivity index is 1.99. The van der Waals surface area contributed by atoms with Gasteiger partial charge in [-0.15, -0.1) is 0 Å². The molecule has 140 valence electrons. The summed E-state index contributed by atoms with van der Waals surface area (Å²) in [4.78, 5) is 12.4. The molecule has 1 fully saturated rings. The van der Waals surface area contributed by atoms with Gasteiger partial charge in [-0.3, -0.25) is 4.79 Å². The highest BCUT2D eigenvalue weighted by atomic mass is 16.5. The molecule has 1 aliphatic carbocycles. The van der Waals surface area contributed by atoms with Crippen LogP contribution in [0.1, 0.15) is 37.7 Å². The SMILES string of the molecule is COc1ccc(CCC(=O)NC2CCCCC2CN)c(OC)c1OC. The normalized spacial score (nSPS) is 20.0. The van der Waals surface area contributed by atoms with E-state index in [4.69, 9.17) is 19.9 Å². The molecule has 2 unspecified atom stereocenters. The molecular formula is C19H30N2O4. The third kappa shape index (κ3) is 4.78. The van der Waals surface area contributed by atoms with E-state index in [0.29, 0.717) is 42.6 Å². The largest absolute Gasteiger partial charge is 0.493 e. The molecule has 6 heteroatoms. The third-order valence-electron chi connectivity index (χ3n) is 4.97. The second kappa shape index (κ2) is 9.51. The number of hydrogen-bond acceptors (Lipinski definition) is 5. The summed E-state index contributed by atoms with van der Waals surface area (Å²) in [6.07, 6.45) is 5.47. The summed E-state index contributed by atoms with van der Waals surface area (Å²) in [5.41, 5.74) is 6.76. The van der Waals surface area contributed by atoms with Crippen molar-refractivity contribution in [2.75, 3.05) is 27.9 Å². The molecule has 0 aliphatic heterocycles. The fourth-order valence-electron chi connectivity index (χ4n) is 3.57. The fourth-order valence-corrected chi connectivity index (χ4v) is 3.57. The number of nitrogens with one attached hydrogen (secondary N) is 1. The van der Waals surface area contributed by atoms with Crippen LogP contribution in [0, 0.1) is 5.92 Å². The van der Waals surface area contributed by atoms with E-state index in [1.54, 1.807) is 21.3 Å². The minimum Gasteiger partial charge on any atom is -0.493 e. The van der Waals surface area contributed by atoms with Gasteiger partial charge in [0.15, 0.2) is 11.5 Å². The first-order chi connectivity index (χ1) is 12.1. The van der Waals surface area contributed by atoms with Crippen LogP contribution in [0.4, 0.5) is 0 Å². The second-order valence-corrected chi connectivity index (χ2v) is 6.45. The van der Waals surface area contributed by atoms with Crippen LogP contribution in [-0.2, 0) is 11.2 Å². The Morgan fingerprint density at radius 2 is 1.84 bits per heavy atom. The van der Waals surface area contributed by atoms with Crippen LogP contribution in [0.3, 0.4) is 0 Å². The van der Waals surface area contributed by atoms with E-state index < -0.39 is 0 Å². The highest BCUT2D eigenvalue weighted by Gasteiger charge is 2.25. The topological polar surface area (TPSA) is 82.8 Å². The number of hydrogen-bond donors (Lipinski definition) is 2. The lowest BCUT2D eigenvalue weighted by Crippen LogP contribution is -2.44. The average Bonchev–Trinajstić information content (AvgIpc) is 2.65. The highest BCUT2D eigenvalue weighted by molar-refractivity contribution is 5.76. The molecule has 0 bridgehead atoms. The predicted octanol–water partition coefficient (Wildman–Crippen LogP) is 2.28. The number of methoxy groups -OCH3 is 3. The molecule has 2 rings (SSSR count). The van der Waals surface area contributed by atoms with Gasteiger partial charge in [0.1, 0.15) is 0 Å². The molecular weight excluding hydrogens is 320 g/mol. The van der Waals surface area contributed by atoms with Crippen LogP contribution < -0.4 is 25.3 Å². The standard InChI is InChI=1S/C19H30N2O4/c1-23-16-10-8-13(18(24-2)19(16)25-3)9-11-17(22)21-15-7-5-4-6-14(15)12-20/h8,10,14-15H,4-7,9,11-12,20H2,1-3H3,(H,21,22). The lowest BCUT2D eigenvalue weighted by Gasteiger charge is -2.31. The van der Waals surface area contributed by atoms with Crippen molar-refractivity contribution in [3.63, 3.8) is 0 Å². The number of carbonyl (C=O) groups excluding carboxylic acids is 1. The number of aryl methyl sites for hydroxylation is 1. The molecule has 1 aromatic rings. The predicted molar refractivity (Wildman–Crippen MR) is 97.4 cm³/mol. The molecule has 1 aromatic carbocycles. The minimum absolute atomic E-state index is 0.0576. The first-order valence-corrected chi connectivity index (χ1v) is 8.91. The van der Waals surface area contributed by atoms with Crippen molar-refractivity contribution in [2.45, 2.75) is 44.6 Å². The van der Waals surface area contributed by atoms with Crippen molar-refractivity contribution in [2.24, 2.45) is 11.7 Å². The van der Waals surface area contributed by atoms with E-state index in [2.05, 4.69) is 5.32 Å². The molecule has 2 atom stereocenters. The van der Waals surface area contributed by atoms with Crippen LogP contribution in [0.25, 0.3) is 0 Å². The Morgan fingerprint density at radius 3 is 2.48 bits per heavy atom. The number of ether oxygens (including phenoxy) is 3. The Labute approximate surface area is 150 Å². The third-order valence-corrected chi connectivity index (χ3v) is 4.97. The van der Waals surface area contributed by atoms with Gasteiger partial charge in [0.2, 0.25) is 11.7 Å². The number of carbonyl (C=O) groups is 1. The molecule has 0 spiro atoms. The van der Waals surface area contributed by atoms with Gasteiger partial charge in [0.05, 0.1) is 21.3 Å². The van der Waals surface area contributed by atoms with E-state index >= 15 is 0 Å². The van der Waals surface area contributed by atoms with Gasteiger partial charge in [0, 0.05) is 12.5 Å². The lowest BCUT2D eigenvalue weighted by molar-refractivity contribution is -0.122. The van der Waals surface area contributed by atoms with Gasteiger partial charge in [-0.25, -0.2) is 0 Å². The van der Waals surface area contributed by atoms with Crippen molar-refractivity contribution in [3.8, 4) is 17.2 Å². The smallest absolute Gasteiger partial charge is 0.220 e. The molecule has 1 amide bonds. The van der Waals surface area contributed by atoms with E-state index in [0.717, 1.165) is 24.8 Å². The number of amides is 1. The van der Waals surface area contributed by atoms with Gasteiger partial charge >= 0.3 is 0 Å². The Hall–Kier alpha value is -1.95. The van der Waals surface area contributed by atoms with E-state index in [1.165, 1.54) is 6.42 Å². The second-order valence-electron chi connectivity index (χ2n) is 6.45. The average molecular weight is 350 g/mol. The number of rotatable bonds is 8. The molecule has 0 saturated heterocycles. The maximum absolute atomic E-state index is 12.4. The number of benzene rings is 1. The lowest BCUT2D eigenvalue weighted by atomic mass is 9.84. The van der Waals surface area contributed by atoms with Crippen molar-refractivity contribution in [3.05, 3.63) is 17.7 Å². The Bertz CT molecular complexity index is 577. The van der Waals surface area contributed by atoms with Crippen molar-refractivity contribution in [1.29, 1.82) is 0 Å². The summed E-state index contributed by atoms with van der Waals surface area (Å²) in [5, 5.41) is 3.16. The Kier molecular flexibility index (Phi) is 7.37. The summed E-state index contributed by atoms with van der Waals surface area (Å²) >= 11 is 0. The zero-order valence-electron chi connectivity index (χ0n) is 15.5. The summed E-state index contributed by atoms with van der Waals surface area (Å²) in [5.74, 6) is 2.24. The molecule has 1 aliphatic rings. The van der Waals surface area contributed by atoms with Crippen LogP contribution in [-0.4, -0.2) is 39.8 Å². The van der Waals surface area contributed by atoms with Gasteiger partial charge < -0.3 is 25.3 Å². The highest BCUT2D eigenvalue weighted by Crippen LogP contribution is 2.40. The van der Waals surface area contributed by atoms with Crippen molar-refractivity contribution < 1.29 is 19.0 Å². The van der Waals surface area contributed by atoms with Crippen LogP contribution >= 0.6 is 0 Å². The Morgan fingerprint density at radius 1 is 1.12 bits per heavy atom. The maximum atomic E-state index is 12.4. The van der Waals surface area contributed by atoms with Crippen LogP contribution in [0.5, 0.6) is 17.2 Å². The molecule has 0 radical (unpaired) electrons. The van der Waals surface area contributed by atoms with Crippen molar-refractivity contribution >= 4 is 5.91 Å². The van der Waals surface area contributed by atoms with E-state index in [-0.39, 0.29) is 11.9 Å². The zero-order chi connectivity index (χ0) is 18.2. The van der Waals surface area contributed by atoms with Crippen LogP contribution in [0.2, 0.25) is 0 Å². The van der Waals surface area contributed by atoms with Crippen LogP contribution in [0.15, 0.2) is 12.1 Å². The van der Waals surface area contributed by atoms with Gasteiger partial charge in [-0.1, -0.05) is 18.9 Å². The van der Waals surface area contributed by atoms with E-state index in [1.807, 2.05) is 12.1 Å². The molecule has 0 heterocycles. The minimum atomic E-state index is 0.0576. The monoisotopic (exact) mass is 350 g/mol. The summed E-state index contributed by atoms with van der Waals surface area (Å²) in [6, 6.07) is 3.95. The first-order valence-electron chi connectivity index (χ1n) is 8.91. The number of nitrogens with two attached hydrogens (primary N) is 1. The molecule has 25 heavy (non-hydrogen) atoms. The summed E-state index contributed by atoms with van der Waals surface area (Å²) in [6.45, 7) is 0.633. The summed E-state index contributed by atoms with van der Waals surface area (Å²) < 4.78 is 16.2. The quantitative estimate of drug-likeness (QED) is 0.751. The summed E-state index contributed by atoms with van der Waals surface area (Å²) in [7, 11) is 4.75.